The van der Waals surface area contributed by atoms with Crippen LogP contribution in [0.5, 0.6) is 0 Å². The van der Waals surface area contributed by atoms with Crippen LogP contribution < -0.4 is 0 Å². The van der Waals surface area contributed by atoms with Gasteiger partial charge in [0.1, 0.15) is 5.38 Å². The van der Waals surface area contributed by atoms with Gasteiger partial charge in [0.15, 0.2) is 0 Å². The molecule has 106 valence electrons. The van der Waals surface area contributed by atoms with Crippen molar-refractivity contribution in [3.05, 3.63) is 70.0 Å². The lowest BCUT2D eigenvalue weighted by Crippen LogP contribution is -1.92. The average Bonchev–Trinajstić information content (AvgIpc) is 2.96. The van der Waals surface area contributed by atoms with E-state index in [4.69, 9.17) is 39.2 Å². The van der Waals surface area contributed by atoms with E-state index >= 15 is 0 Å². The van der Waals surface area contributed by atoms with Crippen molar-refractivity contribution in [2.24, 2.45) is 0 Å². The summed E-state index contributed by atoms with van der Waals surface area (Å²) in [5.74, 6) is 0.657. The molecule has 3 aromatic rings. The number of benzene rings is 2. The first kappa shape index (κ1) is 14.4. The summed E-state index contributed by atoms with van der Waals surface area (Å²) in [4.78, 5) is 0. The number of halogens is 3. The van der Waals surface area contributed by atoms with Crippen molar-refractivity contribution in [2.75, 3.05) is 0 Å². The molecule has 0 N–H and O–H groups in total. The largest absolute Gasteiger partial charge is 0.419 e. The SMILES string of the molecule is Clc1cc(Cl)cc(-c2nnc(C(Cl)c3ccccc3)o2)c1. The summed E-state index contributed by atoms with van der Waals surface area (Å²) in [5.41, 5.74) is 1.54. The Morgan fingerprint density at radius 3 is 2.24 bits per heavy atom. The van der Waals surface area contributed by atoms with Gasteiger partial charge < -0.3 is 4.42 Å². The maximum absolute atomic E-state index is 6.35. The highest BCUT2D eigenvalue weighted by Crippen LogP contribution is 2.31. The van der Waals surface area contributed by atoms with Crippen molar-refractivity contribution in [3.8, 4) is 11.5 Å². The summed E-state index contributed by atoms with van der Waals surface area (Å²) >= 11 is 18.3. The number of alkyl halides is 1. The average molecular weight is 340 g/mol. The Morgan fingerprint density at radius 1 is 0.905 bits per heavy atom. The zero-order valence-electron chi connectivity index (χ0n) is 10.6. The predicted octanol–water partition coefficient (Wildman–Crippen LogP) is 5.37. The maximum atomic E-state index is 6.35. The molecular formula is C15H9Cl3N2O. The summed E-state index contributed by atoms with van der Waals surface area (Å²) in [7, 11) is 0. The number of hydrogen-bond acceptors (Lipinski definition) is 3. The minimum Gasteiger partial charge on any atom is -0.419 e. The van der Waals surface area contributed by atoms with E-state index in [1.807, 2.05) is 30.3 Å². The van der Waals surface area contributed by atoms with Gasteiger partial charge >= 0.3 is 0 Å². The zero-order valence-corrected chi connectivity index (χ0v) is 12.9. The van der Waals surface area contributed by atoms with Gasteiger partial charge in [0.05, 0.1) is 0 Å². The highest BCUT2D eigenvalue weighted by atomic mass is 35.5. The zero-order chi connectivity index (χ0) is 14.8. The standard InChI is InChI=1S/C15H9Cl3N2O/c16-11-6-10(7-12(17)8-11)14-19-20-15(21-14)13(18)9-4-2-1-3-5-9/h1-8,13H. The molecule has 1 aromatic heterocycles. The van der Waals surface area contributed by atoms with E-state index in [1.165, 1.54) is 0 Å². The number of nitrogens with zero attached hydrogens (tertiary/aromatic N) is 2. The summed E-state index contributed by atoms with van der Waals surface area (Å²) < 4.78 is 5.62. The lowest BCUT2D eigenvalue weighted by atomic mass is 10.1. The molecule has 0 bridgehead atoms. The molecule has 0 aliphatic heterocycles. The van der Waals surface area contributed by atoms with Gasteiger partial charge in [0, 0.05) is 15.6 Å². The predicted molar refractivity (Wildman–Crippen MR) is 83.9 cm³/mol. The van der Waals surface area contributed by atoms with Gasteiger partial charge in [-0.1, -0.05) is 53.5 Å². The molecule has 0 saturated carbocycles. The lowest BCUT2D eigenvalue weighted by Gasteiger charge is -2.04. The van der Waals surface area contributed by atoms with Gasteiger partial charge in [-0.2, -0.15) is 0 Å². The van der Waals surface area contributed by atoms with E-state index in [0.29, 0.717) is 27.4 Å². The Kier molecular flexibility index (Phi) is 4.15. The van der Waals surface area contributed by atoms with Crippen LogP contribution in [0.15, 0.2) is 52.9 Å². The Morgan fingerprint density at radius 2 is 1.57 bits per heavy atom. The number of hydrogen-bond donors (Lipinski definition) is 0. The topological polar surface area (TPSA) is 38.9 Å². The smallest absolute Gasteiger partial charge is 0.247 e. The molecule has 3 rings (SSSR count). The highest BCUT2D eigenvalue weighted by molar-refractivity contribution is 6.35. The van der Waals surface area contributed by atoms with Gasteiger partial charge in [-0.25, -0.2) is 0 Å². The van der Waals surface area contributed by atoms with Gasteiger partial charge in [-0.3, -0.25) is 0 Å². The first-order valence-corrected chi connectivity index (χ1v) is 7.31. The third-order valence-electron chi connectivity index (χ3n) is 2.86. The summed E-state index contributed by atoms with van der Waals surface area (Å²) in [6.45, 7) is 0. The molecule has 0 amide bonds. The highest BCUT2D eigenvalue weighted by Gasteiger charge is 2.19. The monoisotopic (exact) mass is 338 g/mol. The molecule has 1 atom stereocenters. The molecule has 21 heavy (non-hydrogen) atoms. The second kappa shape index (κ2) is 6.06. The van der Waals surface area contributed by atoms with Crippen molar-refractivity contribution in [1.82, 2.24) is 10.2 Å². The van der Waals surface area contributed by atoms with Crippen LogP contribution in [0.1, 0.15) is 16.8 Å². The lowest BCUT2D eigenvalue weighted by molar-refractivity contribution is 0.513. The Bertz CT molecular complexity index is 738. The van der Waals surface area contributed by atoms with Crippen molar-refractivity contribution in [3.63, 3.8) is 0 Å². The Balaban J connectivity index is 1.93. The Labute approximate surface area is 136 Å². The van der Waals surface area contributed by atoms with Gasteiger partial charge in [-0.15, -0.1) is 21.8 Å². The quantitative estimate of drug-likeness (QED) is 0.602. The van der Waals surface area contributed by atoms with Crippen LogP contribution in [0.4, 0.5) is 0 Å². The molecule has 0 spiro atoms. The fourth-order valence-electron chi connectivity index (χ4n) is 1.90. The van der Waals surface area contributed by atoms with Gasteiger partial charge in [-0.05, 0) is 23.8 Å². The first-order valence-electron chi connectivity index (χ1n) is 6.12. The molecular weight excluding hydrogens is 331 g/mol. The van der Waals surface area contributed by atoms with E-state index < -0.39 is 5.38 Å². The minimum atomic E-state index is -0.498. The van der Waals surface area contributed by atoms with Crippen LogP contribution in [0, 0.1) is 0 Å². The van der Waals surface area contributed by atoms with Crippen LogP contribution >= 0.6 is 34.8 Å². The molecule has 2 aromatic carbocycles. The van der Waals surface area contributed by atoms with E-state index in [9.17, 15) is 0 Å². The third kappa shape index (κ3) is 3.21. The minimum absolute atomic E-state index is 0.328. The van der Waals surface area contributed by atoms with Crippen LogP contribution in [-0.4, -0.2) is 10.2 Å². The molecule has 0 fully saturated rings. The van der Waals surface area contributed by atoms with Crippen LogP contribution in [0.2, 0.25) is 10.0 Å². The molecule has 0 aliphatic carbocycles. The first-order chi connectivity index (χ1) is 10.1. The van der Waals surface area contributed by atoms with E-state index in [-0.39, 0.29) is 0 Å². The van der Waals surface area contributed by atoms with E-state index in [1.54, 1.807) is 18.2 Å². The van der Waals surface area contributed by atoms with Gasteiger partial charge in [0.2, 0.25) is 11.8 Å². The molecule has 1 unspecified atom stereocenters. The Hall–Kier alpha value is -1.55. The molecule has 0 saturated heterocycles. The van der Waals surface area contributed by atoms with Crippen LogP contribution in [-0.2, 0) is 0 Å². The maximum Gasteiger partial charge on any atom is 0.247 e. The number of rotatable bonds is 3. The van der Waals surface area contributed by atoms with E-state index in [0.717, 1.165) is 5.56 Å². The summed E-state index contributed by atoms with van der Waals surface area (Å²) in [5, 5.41) is 8.50. The number of aromatic nitrogens is 2. The summed E-state index contributed by atoms with van der Waals surface area (Å²) in [6.07, 6.45) is 0. The van der Waals surface area contributed by atoms with Crippen molar-refractivity contribution < 1.29 is 4.42 Å². The third-order valence-corrected chi connectivity index (χ3v) is 3.73. The van der Waals surface area contributed by atoms with Crippen LogP contribution in [0.25, 0.3) is 11.5 Å². The second-order valence-corrected chi connectivity index (χ2v) is 5.69. The van der Waals surface area contributed by atoms with Gasteiger partial charge in [0.25, 0.3) is 0 Å². The van der Waals surface area contributed by atoms with Crippen molar-refractivity contribution >= 4 is 34.8 Å². The van der Waals surface area contributed by atoms with Crippen molar-refractivity contribution in [2.45, 2.75) is 5.38 Å². The molecule has 1 heterocycles. The fourth-order valence-corrected chi connectivity index (χ4v) is 2.66. The summed E-state index contributed by atoms with van der Waals surface area (Å²) in [6, 6.07) is 14.6. The van der Waals surface area contributed by atoms with Crippen LogP contribution in [0.3, 0.4) is 0 Å². The fraction of sp³-hybridized carbons (Fsp3) is 0.0667. The normalized spacial score (nSPS) is 12.3. The van der Waals surface area contributed by atoms with Crippen molar-refractivity contribution in [1.29, 1.82) is 0 Å². The molecule has 3 nitrogen and oxygen atoms in total. The van der Waals surface area contributed by atoms with E-state index in [2.05, 4.69) is 10.2 Å². The second-order valence-electron chi connectivity index (χ2n) is 4.38. The molecule has 0 aliphatic rings. The molecule has 6 heteroatoms. The molecule has 0 radical (unpaired) electrons.